The van der Waals surface area contributed by atoms with Gasteiger partial charge in [-0.2, -0.15) is 0 Å². The third-order valence-corrected chi connectivity index (χ3v) is 5.41. The Morgan fingerprint density at radius 1 is 1.00 bits per heavy atom. The smallest absolute Gasteiger partial charge is 0.325 e. The van der Waals surface area contributed by atoms with Crippen LogP contribution >= 0.6 is 0 Å². The maximum Gasteiger partial charge on any atom is 0.325 e. The fourth-order valence-electron chi connectivity index (χ4n) is 3.99. The summed E-state index contributed by atoms with van der Waals surface area (Å²) in [6, 6.07) is -0.456. The van der Waals surface area contributed by atoms with Gasteiger partial charge in [-0.1, -0.05) is 19.3 Å². The maximum absolute atomic E-state index is 12.4. The molecule has 4 amide bonds. The molecule has 24 heavy (non-hydrogen) atoms. The molecule has 0 bridgehead atoms. The highest BCUT2D eigenvalue weighted by atomic mass is 16.2. The number of urea groups is 1. The summed E-state index contributed by atoms with van der Waals surface area (Å²) in [5.41, 5.74) is 0. The van der Waals surface area contributed by atoms with Gasteiger partial charge in [-0.3, -0.25) is 14.5 Å². The summed E-state index contributed by atoms with van der Waals surface area (Å²) >= 11 is 0. The topological polar surface area (TPSA) is 73.0 Å². The van der Waals surface area contributed by atoms with Crippen molar-refractivity contribution in [2.75, 3.05) is 45.8 Å². The molecule has 0 radical (unpaired) electrons. The Bertz CT molecular complexity index is 474. The molecule has 3 fully saturated rings. The summed E-state index contributed by atoms with van der Waals surface area (Å²) in [5.74, 6) is 0.369. The van der Waals surface area contributed by atoms with E-state index < -0.39 is 6.03 Å². The number of imide groups is 1. The van der Waals surface area contributed by atoms with E-state index in [2.05, 4.69) is 10.2 Å². The van der Waals surface area contributed by atoms with Crippen molar-refractivity contribution in [2.24, 2.45) is 5.92 Å². The summed E-state index contributed by atoms with van der Waals surface area (Å²) in [6.07, 6.45) is 7.72. The summed E-state index contributed by atoms with van der Waals surface area (Å²) in [5, 5.41) is 2.45. The lowest BCUT2D eigenvalue weighted by atomic mass is 9.89. The summed E-state index contributed by atoms with van der Waals surface area (Å²) < 4.78 is 0. The quantitative estimate of drug-likeness (QED) is 0.765. The molecule has 0 spiro atoms. The van der Waals surface area contributed by atoms with Crippen molar-refractivity contribution in [2.45, 2.75) is 38.5 Å². The first kappa shape index (κ1) is 17.2. The van der Waals surface area contributed by atoms with E-state index in [4.69, 9.17) is 0 Å². The van der Waals surface area contributed by atoms with Gasteiger partial charge in [-0.05, 0) is 31.7 Å². The molecule has 3 aliphatic rings. The zero-order valence-electron chi connectivity index (χ0n) is 14.3. The summed E-state index contributed by atoms with van der Waals surface area (Å²) in [4.78, 5) is 40.9. The molecule has 134 valence electrons. The fourth-order valence-corrected chi connectivity index (χ4v) is 3.99. The van der Waals surface area contributed by atoms with Gasteiger partial charge in [0.2, 0.25) is 5.91 Å². The maximum atomic E-state index is 12.4. The molecule has 0 aromatic heterocycles. The Morgan fingerprint density at radius 3 is 2.50 bits per heavy atom. The van der Waals surface area contributed by atoms with Gasteiger partial charge >= 0.3 is 6.03 Å². The molecule has 0 atom stereocenters. The third kappa shape index (κ3) is 4.26. The molecule has 1 saturated carbocycles. The monoisotopic (exact) mass is 336 g/mol. The van der Waals surface area contributed by atoms with Crippen LogP contribution in [-0.2, 0) is 9.59 Å². The van der Waals surface area contributed by atoms with Crippen molar-refractivity contribution >= 4 is 17.8 Å². The van der Waals surface area contributed by atoms with Crippen molar-refractivity contribution in [3.05, 3.63) is 0 Å². The minimum Gasteiger partial charge on any atom is -0.340 e. The Hall–Kier alpha value is -1.63. The average Bonchev–Trinajstić information content (AvgIpc) is 2.79. The molecule has 1 N–H and O–H groups in total. The Morgan fingerprint density at radius 2 is 1.79 bits per heavy atom. The molecule has 0 aromatic rings. The van der Waals surface area contributed by atoms with Crippen LogP contribution in [0.4, 0.5) is 4.79 Å². The molecule has 7 heteroatoms. The number of carbonyl (C=O) groups excluding carboxylic acids is 3. The van der Waals surface area contributed by atoms with Crippen molar-refractivity contribution in [1.29, 1.82) is 0 Å². The molecule has 2 heterocycles. The largest absolute Gasteiger partial charge is 0.340 e. The molecule has 7 nitrogen and oxygen atoms in total. The SMILES string of the molecule is O=C(CN1C(=O)CNC1=O)N1CCCN(CC2CCCCC2)CC1. The molecule has 2 aliphatic heterocycles. The Kier molecular flexibility index (Phi) is 5.71. The normalized spacial score (nSPS) is 24.2. The summed E-state index contributed by atoms with van der Waals surface area (Å²) in [6.45, 7) is 4.34. The number of hydrogen-bond donors (Lipinski definition) is 1. The lowest BCUT2D eigenvalue weighted by Gasteiger charge is -2.29. The number of hydrogen-bond acceptors (Lipinski definition) is 4. The molecular formula is C17H28N4O3. The number of nitrogens with zero attached hydrogens (tertiary/aromatic N) is 3. The number of rotatable bonds is 4. The second-order valence-electron chi connectivity index (χ2n) is 7.18. The minimum absolute atomic E-state index is 0.00127. The predicted octanol–water partition coefficient (Wildman–Crippen LogP) is 0.653. The van der Waals surface area contributed by atoms with Gasteiger partial charge in [0.15, 0.2) is 0 Å². The van der Waals surface area contributed by atoms with Crippen LogP contribution in [0.1, 0.15) is 38.5 Å². The van der Waals surface area contributed by atoms with E-state index in [1.807, 2.05) is 0 Å². The van der Waals surface area contributed by atoms with E-state index in [0.717, 1.165) is 36.9 Å². The average molecular weight is 336 g/mol. The van der Waals surface area contributed by atoms with Crippen molar-refractivity contribution in [1.82, 2.24) is 20.0 Å². The first-order chi connectivity index (χ1) is 11.6. The molecule has 0 aromatic carbocycles. The van der Waals surface area contributed by atoms with Crippen LogP contribution in [0.5, 0.6) is 0 Å². The van der Waals surface area contributed by atoms with Gasteiger partial charge in [0, 0.05) is 26.2 Å². The van der Waals surface area contributed by atoms with E-state index >= 15 is 0 Å². The van der Waals surface area contributed by atoms with Gasteiger partial charge in [-0.25, -0.2) is 4.79 Å². The number of amides is 4. The first-order valence-electron chi connectivity index (χ1n) is 9.22. The second kappa shape index (κ2) is 7.96. The van der Waals surface area contributed by atoms with Crippen LogP contribution < -0.4 is 5.32 Å². The highest BCUT2D eigenvalue weighted by Gasteiger charge is 2.32. The molecule has 3 rings (SSSR count). The van der Waals surface area contributed by atoms with Crippen LogP contribution in [0.3, 0.4) is 0 Å². The minimum atomic E-state index is -0.456. The van der Waals surface area contributed by atoms with Crippen LogP contribution in [0.2, 0.25) is 0 Å². The van der Waals surface area contributed by atoms with E-state index in [-0.39, 0.29) is 24.9 Å². The highest BCUT2D eigenvalue weighted by Crippen LogP contribution is 2.24. The van der Waals surface area contributed by atoms with E-state index in [0.29, 0.717) is 13.1 Å². The second-order valence-corrected chi connectivity index (χ2v) is 7.18. The molecule has 0 unspecified atom stereocenters. The van der Waals surface area contributed by atoms with Gasteiger partial charge < -0.3 is 15.1 Å². The van der Waals surface area contributed by atoms with Gasteiger partial charge in [0.05, 0.1) is 6.54 Å². The highest BCUT2D eigenvalue weighted by molar-refractivity contribution is 6.04. The van der Waals surface area contributed by atoms with Crippen molar-refractivity contribution < 1.29 is 14.4 Å². The fraction of sp³-hybridized carbons (Fsp3) is 0.824. The molecule has 2 saturated heterocycles. The third-order valence-electron chi connectivity index (χ3n) is 5.41. The van der Waals surface area contributed by atoms with Crippen LogP contribution in [0, 0.1) is 5.92 Å². The van der Waals surface area contributed by atoms with Gasteiger partial charge in [0.25, 0.3) is 5.91 Å². The number of nitrogens with one attached hydrogen (secondary N) is 1. The van der Waals surface area contributed by atoms with Crippen molar-refractivity contribution in [3.8, 4) is 0 Å². The Labute approximate surface area is 143 Å². The van der Waals surface area contributed by atoms with Crippen LogP contribution in [0.15, 0.2) is 0 Å². The van der Waals surface area contributed by atoms with Gasteiger partial charge in [0.1, 0.15) is 6.54 Å². The standard InChI is InChI=1S/C17H28N4O3/c22-15-11-18-17(24)21(15)13-16(23)20-8-4-7-19(9-10-20)12-14-5-2-1-3-6-14/h14H,1-13H2,(H,18,24). The van der Waals surface area contributed by atoms with Crippen LogP contribution in [-0.4, -0.2) is 78.4 Å². The van der Waals surface area contributed by atoms with Crippen LogP contribution in [0.25, 0.3) is 0 Å². The summed E-state index contributed by atoms with van der Waals surface area (Å²) in [7, 11) is 0. The molecular weight excluding hydrogens is 308 g/mol. The zero-order valence-corrected chi connectivity index (χ0v) is 14.3. The Balaban J connectivity index is 1.46. The number of carbonyl (C=O) groups is 3. The zero-order chi connectivity index (χ0) is 16.9. The van der Waals surface area contributed by atoms with E-state index in [1.165, 1.54) is 32.1 Å². The predicted molar refractivity (Wildman–Crippen MR) is 89.3 cm³/mol. The van der Waals surface area contributed by atoms with E-state index in [1.54, 1.807) is 4.90 Å². The van der Waals surface area contributed by atoms with Crippen molar-refractivity contribution in [3.63, 3.8) is 0 Å². The first-order valence-corrected chi connectivity index (χ1v) is 9.22. The lowest BCUT2D eigenvalue weighted by molar-refractivity contribution is -0.136. The molecule has 1 aliphatic carbocycles. The lowest BCUT2D eigenvalue weighted by Crippen LogP contribution is -2.44. The van der Waals surface area contributed by atoms with Gasteiger partial charge in [-0.15, -0.1) is 0 Å². The van der Waals surface area contributed by atoms with E-state index in [9.17, 15) is 14.4 Å².